The summed E-state index contributed by atoms with van der Waals surface area (Å²) in [6, 6.07) is 4.71. The standard InChI is InChI=1S/C13H16N2O4/c1-14(2)11(12(16)18-4)8-5-6-9-10(7-8)19-13(17)15(9)3/h5-7,11H,1-4H3. The fourth-order valence-corrected chi connectivity index (χ4v) is 2.08. The second kappa shape index (κ2) is 4.89. The van der Waals surface area contributed by atoms with E-state index in [0.717, 1.165) is 5.56 Å². The van der Waals surface area contributed by atoms with Crippen LogP contribution < -0.4 is 5.76 Å². The highest BCUT2D eigenvalue weighted by atomic mass is 16.5. The maximum atomic E-state index is 11.8. The maximum Gasteiger partial charge on any atom is 0.419 e. The average molecular weight is 264 g/mol. The summed E-state index contributed by atoms with van der Waals surface area (Å²) in [6.07, 6.45) is 0. The number of carbonyl (C=O) groups excluding carboxylic acids is 1. The van der Waals surface area contributed by atoms with Gasteiger partial charge >= 0.3 is 11.7 Å². The van der Waals surface area contributed by atoms with Gasteiger partial charge in [0, 0.05) is 7.05 Å². The van der Waals surface area contributed by atoms with Crippen LogP contribution in [0.1, 0.15) is 11.6 Å². The molecule has 1 aromatic heterocycles. The topological polar surface area (TPSA) is 64.7 Å². The van der Waals surface area contributed by atoms with Crippen molar-refractivity contribution in [2.75, 3.05) is 21.2 Å². The van der Waals surface area contributed by atoms with Crippen molar-refractivity contribution in [1.82, 2.24) is 9.47 Å². The van der Waals surface area contributed by atoms with Gasteiger partial charge in [0.1, 0.15) is 6.04 Å². The minimum absolute atomic E-state index is 0.359. The third-order valence-corrected chi connectivity index (χ3v) is 3.07. The van der Waals surface area contributed by atoms with E-state index in [1.807, 2.05) is 0 Å². The Bertz CT molecular complexity index is 669. The lowest BCUT2D eigenvalue weighted by Crippen LogP contribution is -2.28. The summed E-state index contributed by atoms with van der Waals surface area (Å²) in [5, 5.41) is 0. The summed E-state index contributed by atoms with van der Waals surface area (Å²) in [4.78, 5) is 25.0. The molecule has 2 aromatic rings. The number of hydrogen-bond acceptors (Lipinski definition) is 5. The molecule has 102 valence electrons. The zero-order valence-corrected chi connectivity index (χ0v) is 11.3. The van der Waals surface area contributed by atoms with Crippen LogP contribution in [0.15, 0.2) is 27.4 Å². The van der Waals surface area contributed by atoms with Crippen molar-refractivity contribution in [2.45, 2.75) is 6.04 Å². The molecule has 0 aliphatic rings. The van der Waals surface area contributed by atoms with Gasteiger partial charge in [-0.25, -0.2) is 9.59 Å². The van der Waals surface area contributed by atoms with Crippen LogP contribution in [0.4, 0.5) is 0 Å². The predicted molar refractivity (Wildman–Crippen MR) is 69.9 cm³/mol. The molecule has 1 aromatic carbocycles. The van der Waals surface area contributed by atoms with Crippen molar-refractivity contribution in [3.63, 3.8) is 0 Å². The molecule has 0 aliphatic carbocycles. The van der Waals surface area contributed by atoms with Crippen LogP contribution in [0.3, 0.4) is 0 Å². The van der Waals surface area contributed by atoms with E-state index >= 15 is 0 Å². The third kappa shape index (κ3) is 2.26. The van der Waals surface area contributed by atoms with Crippen LogP contribution in [0.2, 0.25) is 0 Å². The van der Waals surface area contributed by atoms with Gasteiger partial charge in [-0.1, -0.05) is 6.07 Å². The molecule has 19 heavy (non-hydrogen) atoms. The number of aromatic nitrogens is 1. The molecule has 6 nitrogen and oxygen atoms in total. The predicted octanol–water partition coefficient (Wildman–Crippen LogP) is 0.907. The lowest BCUT2D eigenvalue weighted by Gasteiger charge is -2.21. The molecule has 1 unspecified atom stereocenters. The number of nitrogens with zero attached hydrogens (tertiary/aromatic N) is 2. The van der Waals surface area contributed by atoms with Crippen LogP contribution in [0, 0.1) is 0 Å². The molecule has 0 saturated carbocycles. The number of hydrogen-bond donors (Lipinski definition) is 0. The summed E-state index contributed by atoms with van der Waals surface area (Å²) in [5.41, 5.74) is 1.87. The highest BCUT2D eigenvalue weighted by molar-refractivity contribution is 5.80. The normalized spacial score (nSPS) is 12.9. The van der Waals surface area contributed by atoms with Crippen LogP contribution in [0.5, 0.6) is 0 Å². The van der Waals surface area contributed by atoms with E-state index in [0.29, 0.717) is 11.1 Å². The first-order valence-corrected chi connectivity index (χ1v) is 5.79. The Morgan fingerprint density at radius 3 is 2.68 bits per heavy atom. The third-order valence-electron chi connectivity index (χ3n) is 3.07. The quantitative estimate of drug-likeness (QED) is 0.771. The van der Waals surface area contributed by atoms with Gasteiger partial charge in [0.05, 0.1) is 12.6 Å². The molecule has 0 radical (unpaired) electrons. The number of benzene rings is 1. The highest BCUT2D eigenvalue weighted by Gasteiger charge is 2.24. The summed E-state index contributed by atoms with van der Waals surface area (Å²) in [6.45, 7) is 0. The molecule has 0 aliphatic heterocycles. The van der Waals surface area contributed by atoms with Gasteiger partial charge in [-0.3, -0.25) is 9.47 Å². The Balaban J connectivity index is 2.55. The molecule has 0 spiro atoms. The molecule has 0 N–H and O–H groups in total. The number of aryl methyl sites for hydroxylation is 1. The van der Waals surface area contributed by atoms with Crippen LogP contribution in [-0.2, 0) is 16.6 Å². The van der Waals surface area contributed by atoms with E-state index in [-0.39, 0.29) is 5.97 Å². The van der Waals surface area contributed by atoms with Crippen molar-refractivity contribution in [3.8, 4) is 0 Å². The fraction of sp³-hybridized carbons (Fsp3) is 0.385. The van der Waals surface area contributed by atoms with Crippen molar-refractivity contribution < 1.29 is 13.9 Å². The molecule has 1 atom stereocenters. The second-order valence-corrected chi connectivity index (χ2v) is 4.54. The first-order chi connectivity index (χ1) is 8.95. The number of oxazole rings is 1. The average Bonchev–Trinajstić information content (AvgIpc) is 2.64. The Morgan fingerprint density at radius 1 is 1.42 bits per heavy atom. The maximum absolute atomic E-state index is 11.8. The Kier molecular flexibility index (Phi) is 3.44. The number of fused-ring (bicyclic) bond motifs is 1. The molecule has 0 amide bonds. The van der Waals surface area contributed by atoms with Crippen molar-refractivity contribution in [2.24, 2.45) is 7.05 Å². The van der Waals surface area contributed by atoms with E-state index < -0.39 is 11.8 Å². The smallest absolute Gasteiger partial charge is 0.419 e. The van der Waals surface area contributed by atoms with Crippen LogP contribution >= 0.6 is 0 Å². The molecule has 2 rings (SSSR count). The summed E-state index contributed by atoms with van der Waals surface area (Å²) in [5.74, 6) is -0.783. The summed E-state index contributed by atoms with van der Waals surface area (Å²) < 4.78 is 11.3. The van der Waals surface area contributed by atoms with Crippen LogP contribution in [0.25, 0.3) is 11.1 Å². The zero-order chi connectivity index (χ0) is 14.2. The number of esters is 1. The molecular formula is C13H16N2O4. The van der Waals surface area contributed by atoms with Crippen molar-refractivity contribution >= 4 is 17.1 Å². The minimum Gasteiger partial charge on any atom is -0.468 e. The summed E-state index contributed by atoms with van der Waals surface area (Å²) in [7, 11) is 6.55. The number of methoxy groups -OCH3 is 1. The lowest BCUT2D eigenvalue weighted by molar-refractivity contribution is -0.146. The zero-order valence-electron chi connectivity index (χ0n) is 11.3. The first-order valence-electron chi connectivity index (χ1n) is 5.79. The largest absolute Gasteiger partial charge is 0.468 e. The monoisotopic (exact) mass is 264 g/mol. The van der Waals surface area contributed by atoms with Gasteiger partial charge in [-0.2, -0.15) is 0 Å². The molecule has 6 heteroatoms. The fourth-order valence-electron chi connectivity index (χ4n) is 2.08. The van der Waals surface area contributed by atoms with E-state index in [2.05, 4.69) is 0 Å². The molecule has 0 bridgehead atoms. The van der Waals surface area contributed by atoms with E-state index in [1.54, 1.807) is 44.2 Å². The SMILES string of the molecule is COC(=O)C(c1ccc2c(c1)oc(=O)n2C)N(C)C. The number of ether oxygens (including phenoxy) is 1. The lowest BCUT2D eigenvalue weighted by atomic mass is 10.1. The van der Waals surface area contributed by atoms with Crippen molar-refractivity contribution in [1.29, 1.82) is 0 Å². The Morgan fingerprint density at radius 2 is 2.11 bits per heavy atom. The number of rotatable bonds is 3. The van der Waals surface area contributed by atoms with E-state index in [1.165, 1.54) is 11.7 Å². The van der Waals surface area contributed by atoms with Gasteiger partial charge in [0.2, 0.25) is 0 Å². The van der Waals surface area contributed by atoms with Crippen molar-refractivity contribution in [3.05, 3.63) is 34.3 Å². The van der Waals surface area contributed by atoms with Crippen LogP contribution in [-0.4, -0.2) is 36.6 Å². The van der Waals surface area contributed by atoms with Gasteiger partial charge in [-0.05, 0) is 31.8 Å². The Hall–Kier alpha value is -2.08. The van der Waals surface area contributed by atoms with E-state index in [9.17, 15) is 9.59 Å². The van der Waals surface area contributed by atoms with Gasteiger partial charge in [0.25, 0.3) is 0 Å². The van der Waals surface area contributed by atoms with Gasteiger partial charge < -0.3 is 9.15 Å². The Labute approximate surface area is 110 Å². The number of likely N-dealkylation sites (N-methyl/N-ethyl adjacent to an activating group) is 1. The number of carbonyl (C=O) groups is 1. The summed E-state index contributed by atoms with van der Waals surface area (Å²) >= 11 is 0. The molecule has 0 saturated heterocycles. The molecule has 0 fully saturated rings. The minimum atomic E-state index is -0.528. The molecule has 1 heterocycles. The molecular weight excluding hydrogens is 248 g/mol. The van der Waals surface area contributed by atoms with E-state index in [4.69, 9.17) is 9.15 Å². The van der Waals surface area contributed by atoms with Gasteiger partial charge in [-0.15, -0.1) is 0 Å². The first kappa shape index (κ1) is 13.4. The highest BCUT2D eigenvalue weighted by Crippen LogP contribution is 2.23. The van der Waals surface area contributed by atoms with Gasteiger partial charge in [0.15, 0.2) is 5.58 Å². The second-order valence-electron chi connectivity index (χ2n) is 4.54.